The molecule has 23 heavy (non-hydrogen) atoms. The molecular formula is C15H16FN3O4. The van der Waals surface area contributed by atoms with Gasteiger partial charge in [-0.05, 0) is 24.6 Å². The zero-order chi connectivity index (χ0) is 17.0. The van der Waals surface area contributed by atoms with Gasteiger partial charge in [0.1, 0.15) is 6.54 Å². The molecule has 1 amide bonds. The third-order valence-corrected chi connectivity index (χ3v) is 3.24. The molecule has 1 atom stereocenters. The molecule has 0 saturated heterocycles. The minimum atomic E-state index is -0.533. The van der Waals surface area contributed by atoms with Gasteiger partial charge in [-0.3, -0.25) is 19.5 Å². The van der Waals surface area contributed by atoms with Crippen molar-refractivity contribution in [2.24, 2.45) is 0 Å². The van der Waals surface area contributed by atoms with Crippen molar-refractivity contribution >= 4 is 5.91 Å². The minimum Gasteiger partial charge on any atom is -0.494 e. The van der Waals surface area contributed by atoms with Crippen LogP contribution < -0.4 is 21.2 Å². The predicted octanol–water partition coefficient (Wildman–Crippen LogP) is 0.562. The second-order valence-electron chi connectivity index (χ2n) is 4.92. The number of aromatic nitrogens is 2. The van der Waals surface area contributed by atoms with E-state index in [0.29, 0.717) is 5.56 Å². The third-order valence-electron chi connectivity index (χ3n) is 3.24. The van der Waals surface area contributed by atoms with E-state index in [1.54, 1.807) is 13.0 Å². The molecule has 2 N–H and O–H groups in total. The van der Waals surface area contributed by atoms with Gasteiger partial charge in [-0.15, -0.1) is 0 Å². The van der Waals surface area contributed by atoms with E-state index in [4.69, 9.17) is 4.74 Å². The first-order valence-electron chi connectivity index (χ1n) is 6.83. The van der Waals surface area contributed by atoms with Gasteiger partial charge >= 0.3 is 0 Å². The summed E-state index contributed by atoms with van der Waals surface area (Å²) in [7, 11) is 1.36. The molecule has 7 nitrogen and oxygen atoms in total. The quantitative estimate of drug-likeness (QED) is 0.841. The van der Waals surface area contributed by atoms with E-state index < -0.39 is 28.9 Å². The number of rotatable bonds is 5. The summed E-state index contributed by atoms with van der Waals surface area (Å²) >= 11 is 0. The van der Waals surface area contributed by atoms with Gasteiger partial charge in [0, 0.05) is 12.1 Å². The fourth-order valence-electron chi connectivity index (χ4n) is 2.05. The Kier molecular flexibility index (Phi) is 4.95. The molecule has 0 fully saturated rings. The number of hydrogen-bond donors (Lipinski definition) is 2. The van der Waals surface area contributed by atoms with Crippen LogP contribution in [0.2, 0.25) is 0 Å². The van der Waals surface area contributed by atoms with E-state index >= 15 is 0 Å². The molecule has 122 valence electrons. The smallest absolute Gasteiger partial charge is 0.265 e. The van der Waals surface area contributed by atoms with Gasteiger partial charge < -0.3 is 10.1 Å². The Bertz CT molecular complexity index is 828. The zero-order valence-corrected chi connectivity index (χ0v) is 12.6. The number of carbonyl (C=O) groups excluding carboxylic acids is 1. The minimum absolute atomic E-state index is 0.112. The van der Waals surface area contributed by atoms with Crippen molar-refractivity contribution in [1.82, 2.24) is 15.1 Å². The molecule has 1 aromatic carbocycles. The molecule has 2 aromatic rings. The van der Waals surface area contributed by atoms with Gasteiger partial charge in [-0.2, -0.15) is 0 Å². The Morgan fingerprint density at radius 2 is 2.09 bits per heavy atom. The van der Waals surface area contributed by atoms with E-state index in [-0.39, 0.29) is 12.3 Å². The Hall–Kier alpha value is -2.90. The molecule has 0 unspecified atom stereocenters. The molecule has 0 aliphatic rings. The van der Waals surface area contributed by atoms with Gasteiger partial charge in [-0.25, -0.2) is 9.07 Å². The Labute approximate surface area is 130 Å². The monoisotopic (exact) mass is 321 g/mol. The van der Waals surface area contributed by atoms with Crippen molar-refractivity contribution in [1.29, 1.82) is 0 Å². The van der Waals surface area contributed by atoms with Crippen LogP contribution in [-0.2, 0) is 11.3 Å². The highest BCUT2D eigenvalue weighted by Crippen LogP contribution is 2.21. The number of hydrogen-bond acceptors (Lipinski definition) is 4. The normalized spacial score (nSPS) is 11.8. The number of amides is 1. The Balaban J connectivity index is 2.07. The molecule has 0 aliphatic heterocycles. The number of H-pyrrole nitrogens is 1. The number of benzene rings is 1. The lowest BCUT2D eigenvalue weighted by molar-refractivity contribution is -0.122. The molecule has 1 aromatic heterocycles. The maximum atomic E-state index is 13.7. The predicted molar refractivity (Wildman–Crippen MR) is 80.8 cm³/mol. The lowest BCUT2D eigenvalue weighted by Crippen LogP contribution is -2.36. The van der Waals surface area contributed by atoms with Crippen molar-refractivity contribution in [2.45, 2.75) is 19.5 Å². The van der Waals surface area contributed by atoms with Crippen molar-refractivity contribution in [2.75, 3.05) is 7.11 Å². The molecule has 0 aliphatic carbocycles. The first-order chi connectivity index (χ1) is 10.9. The first kappa shape index (κ1) is 16.5. The summed E-state index contributed by atoms with van der Waals surface area (Å²) in [6, 6.07) is 6.04. The van der Waals surface area contributed by atoms with Crippen LogP contribution in [0.1, 0.15) is 18.5 Å². The summed E-state index contributed by atoms with van der Waals surface area (Å²) in [4.78, 5) is 34.6. The number of ether oxygens (including phenoxy) is 1. The zero-order valence-electron chi connectivity index (χ0n) is 12.6. The second-order valence-corrected chi connectivity index (χ2v) is 4.92. The van der Waals surface area contributed by atoms with Crippen LogP contribution in [0.5, 0.6) is 5.75 Å². The summed E-state index contributed by atoms with van der Waals surface area (Å²) in [5.74, 6) is -0.909. The van der Waals surface area contributed by atoms with Gasteiger partial charge in [0.15, 0.2) is 11.6 Å². The first-order valence-corrected chi connectivity index (χ1v) is 6.83. The van der Waals surface area contributed by atoms with Gasteiger partial charge in [0.25, 0.3) is 11.1 Å². The fraction of sp³-hybridized carbons (Fsp3) is 0.267. The van der Waals surface area contributed by atoms with E-state index in [1.807, 2.05) is 0 Å². The number of nitrogens with one attached hydrogen (secondary N) is 2. The number of carbonyl (C=O) groups is 1. The van der Waals surface area contributed by atoms with Crippen LogP contribution >= 0.6 is 0 Å². The van der Waals surface area contributed by atoms with Crippen LogP contribution in [0.4, 0.5) is 4.39 Å². The molecular weight excluding hydrogens is 305 g/mol. The highest BCUT2D eigenvalue weighted by atomic mass is 19.1. The highest BCUT2D eigenvalue weighted by Gasteiger charge is 2.13. The van der Waals surface area contributed by atoms with Crippen LogP contribution in [0, 0.1) is 5.82 Å². The summed E-state index contributed by atoms with van der Waals surface area (Å²) in [5, 5.41) is 4.88. The van der Waals surface area contributed by atoms with E-state index in [2.05, 4.69) is 10.4 Å². The Morgan fingerprint density at radius 1 is 1.35 bits per heavy atom. The average Bonchev–Trinajstić information content (AvgIpc) is 2.50. The summed E-state index contributed by atoms with van der Waals surface area (Å²) < 4.78 is 19.4. The lowest BCUT2D eigenvalue weighted by atomic mass is 10.1. The molecule has 0 saturated carbocycles. The summed E-state index contributed by atoms with van der Waals surface area (Å²) in [6.07, 6.45) is 0. The van der Waals surface area contributed by atoms with Crippen LogP contribution in [0.15, 0.2) is 39.9 Å². The standard InChI is InChI=1S/C15H16FN3O4/c1-9(10-3-4-12(23-2)11(16)7-10)17-14(21)8-19-15(22)6-5-13(20)18-19/h3-7,9H,8H2,1-2H3,(H,17,21)(H,18,20)/t9-/m0/s1. The number of aromatic amines is 1. The fourth-order valence-corrected chi connectivity index (χ4v) is 2.05. The molecule has 8 heteroatoms. The van der Waals surface area contributed by atoms with Crippen molar-refractivity contribution in [3.05, 3.63) is 62.4 Å². The molecule has 2 rings (SSSR count). The maximum Gasteiger partial charge on any atom is 0.265 e. The van der Waals surface area contributed by atoms with E-state index in [1.165, 1.54) is 19.2 Å². The maximum absolute atomic E-state index is 13.7. The largest absolute Gasteiger partial charge is 0.494 e. The van der Waals surface area contributed by atoms with Crippen molar-refractivity contribution in [3.8, 4) is 5.75 Å². The van der Waals surface area contributed by atoms with Crippen molar-refractivity contribution in [3.63, 3.8) is 0 Å². The number of halogens is 1. The van der Waals surface area contributed by atoms with E-state index in [9.17, 15) is 18.8 Å². The Morgan fingerprint density at radius 3 is 2.74 bits per heavy atom. The molecule has 0 bridgehead atoms. The van der Waals surface area contributed by atoms with Crippen LogP contribution in [-0.4, -0.2) is 22.8 Å². The van der Waals surface area contributed by atoms with Crippen molar-refractivity contribution < 1.29 is 13.9 Å². The molecule has 0 spiro atoms. The molecule has 1 heterocycles. The topological polar surface area (TPSA) is 93.2 Å². The van der Waals surface area contributed by atoms with Crippen LogP contribution in [0.25, 0.3) is 0 Å². The highest BCUT2D eigenvalue weighted by molar-refractivity contribution is 5.76. The average molecular weight is 321 g/mol. The van der Waals surface area contributed by atoms with Gasteiger partial charge in [-0.1, -0.05) is 6.07 Å². The number of nitrogens with zero attached hydrogens (tertiary/aromatic N) is 1. The van der Waals surface area contributed by atoms with Gasteiger partial charge in [0.2, 0.25) is 5.91 Å². The second kappa shape index (κ2) is 6.91. The van der Waals surface area contributed by atoms with Gasteiger partial charge in [0.05, 0.1) is 13.2 Å². The number of methoxy groups -OCH3 is 1. The lowest BCUT2D eigenvalue weighted by Gasteiger charge is -2.15. The SMILES string of the molecule is COc1ccc([C@H](C)NC(=O)Cn2[nH]c(=O)ccc2=O)cc1F. The van der Waals surface area contributed by atoms with Crippen LogP contribution in [0.3, 0.4) is 0 Å². The summed E-state index contributed by atoms with van der Waals surface area (Å²) in [6.45, 7) is 1.34. The summed E-state index contributed by atoms with van der Waals surface area (Å²) in [5.41, 5.74) is -0.434. The third kappa shape index (κ3) is 4.06. The molecule has 0 radical (unpaired) electrons. The van der Waals surface area contributed by atoms with E-state index in [0.717, 1.165) is 16.8 Å².